The second-order valence-electron chi connectivity index (χ2n) is 3.16. The van der Waals surface area contributed by atoms with Crippen molar-refractivity contribution in [3.8, 4) is 23.8 Å². The van der Waals surface area contributed by atoms with Crippen molar-refractivity contribution >= 4 is 11.6 Å². The normalized spacial score (nSPS) is 14.7. The van der Waals surface area contributed by atoms with Gasteiger partial charge in [0, 0.05) is 6.42 Å². The van der Waals surface area contributed by atoms with Crippen molar-refractivity contribution in [3.05, 3.63) is 22.7 Å². The molecule has 0 fully saturated rings. The lowest BCUT2D eigenvalue weighted by Gasteiger charge is -2.09. The van der Waals surface area contributed by atoms with E-state index in [2.05, 4.69) is 5.92 Å². The van der Waals surface area contributed by atoms with Gasteiger partial charge in [0.25, 0.3) is 0 Å². The van der Waals surface area contributed by atoms with Crippen LogP contribution in [-0.2, 0) is 0 Å². The van der Waals surface area contributed by atoms with Gasteiger partial charge in [-0.2, -0.15) is 0 Å². The highest BCUT2D eigenvalue weighted by Gasteiger charge is 2.20. The first-order valence-electron chi connectivity index (χ1n) is 4.43. The van der Waals surface area contributed by atoms with Crippen molar-refractivity contribution in [3.63, 3.8) is 0 Å². The molecule has 1 N–H and O–H groups in total. The zero-order valence-corrected chi connectivity index (χ0v) is 8.62. The van der Waals surface area contributed by atoms with Gasteiger partial charge in [-0.3, -0.25) is 0 Å². The van der Waals surface area contributed by atoms with Crippen LogP contribution in [0.3, 0.4) is 0 Å². The molecular weight excluding hydrogens is 216 g/mol. The number of aliphatic hydroxyl groups is 1. The Hall–Kier alpha value is -1.37. The van der Waals surface area contributed by atoms with Gasteiger partial charge < -0.3 is 14.6 Å². The summed E-state index contributed by atoms with van der Waals surface area (Å²) in [4.78, 5) is 0. The minimum atomic E-state index is -0.720. The third-order valence-corrected chi connectivity index (χ3v) is 2.43. The fraction of sp³-hybridized carbons (Fsp3) is 0.273. The Morgan fingerprint density at radius 3 is 3.07 bits per heavy atom. The van der Waals surface area contributed by atoms with Crippen molar-refractivity contribution in [2.45, 2.75) is 12.5 Å². The molecule has 2 rings (SSSR count). The number of hydrogen-bond donors (Lipinski definition) is 1. The Kier molecular flexibility index (Phi) is 2.72. The van der Waals surface area contributed by atoms with Gasteiger partial charge in [0.1, 0.15) is 0 Å². The van der Waals surface area contributed by atoms with E-state index in [9.17, 15) is 5.11 Å². The van der Waals surface area contributed by atoms with Crippen LogP contribution in [-0.4, -0.2) is 11.9 Å². The van der Waals surface area contributed by atoms with E-state index in [1.165, 1.54) is 0 Å². The molecule has 78 valence electrons. The van der Waals surface area contributed by atoms with E-state index in [0.717, 1.165) is 0 Å². The molecule has 15 heavy (non-hydrogen) atoms. The second-order valence-corrected chi connectivity index (χ2v) is 3.57. The lowest BCUT2D eigenvalue weighted by atomic mass is 10.1. The predicted octanol–water partition coefficient (Wildman–Crippen LogP) is 2.13. The first-order chi connectivity index (χ1) is 7.22. The van der Waals surface area contributed by atoms with Crippen molar-refractivity contribution < 1.29 is 14.6 Å². The maximum absolute atomic E-state index is 9.68. The van der Waals surface area contributed by atoms with E-state index in [1.807, 2.05) is 0 Å². The largest absolute Gasteiger partial charge is 0.454 e. The molecule has 0 aliphatic carbocycles. The highest BCUT2D eigenvalue weighted by atomic mass is 35.5. The molecular formula is C11H9ClO3. The molecule has 0 saturated heterocycles. The van der Waals surface area contributed by atoms with E-state index >= 15 is 0 Å². The smallest absolute Gasteiger partial charge is 0.231 e. The van der Waals surface area contributed by atoms with Crippen LogP contribution in [0, 0.1) is 12.3 Å². The summed E-state index contributed by atoms with van der Waals surface area (Å²) in [5.41, 5.74) is 0.641. The molecule has 0 saturated carbocycles. The lowest BCUT2D eigenvalue weighted by molar-refractivity contribution is 0.172. The van der Waals surface area contributed by atoms with Crippen LogP contribution >= 0.6 is 11.6 Å². The molecule has 0 amide bonds. The van der Waals surface area contributed by atoms with E-state index in [4.69, 9.17) is 27.5 Å². The SMILES string of the molecule is C#CCC(O)c1cc(Cl)c2c(c1)OCO2. The summed E-state index contributed by atoms with van der Waals surface area (Å²) in [5.74, 6) is 3.46. The average Bonchev–Trinajstić information content (AvgIpc) is 2.66. The van der Waals surface area contributed by atoms with Gasteiger partial charge in [0.2, 0.25) is 6.79 Å². The van der Waals surface area contributed by atoms with Crippen LogP contribution in [0.5, 0.6) is 11.5 Å². The number of ether oxygens (including phenoxy) is 2. The van der Waals surface area contributed by atoms with Gasteiger partial charge in [-0.05, 0) is 17.7 Å². The van der Waals surface area contributed by atoms with Crippen molar-refractivity contribution in [2.75, 3.05) is 6.79 Å². The van der Waals surface area contributed by atoms with E-state index in [0.29, 0.717) is 22.1 Å². The van der Waals surface area contributed by atoms with Crippen LogP contribution in [0.2, 0.25) is 5.02 Å². The van der Waals surface area contributed by atoms with Crippen LogP contribution in [0.15, 0.2) is 12.1 Å². The molecule has 0 bridgehead atoms. The molecule has 0 radical (unpaired) electrons. The number of benzene rings is 1. The van der Waals surface area contributed by atoms with Gasteiger partial charge in [0.05, 0.1) is 11.1 Å². The first kappa shape index (κ1) is 10.2. The summed E-state index contributed by atoms with van der Waals surface area (Å²) >= 11 is 5.95. The van der Waals surface area contributed by atoms with Crippen molar-refractivity contribution in [2.24, 2.45) is 0 Å². The summed E-state index contributed by atoms with van der Waals surface area (Å²) in [7, 11) is 0. The second kappa shape index (κ2) is 4.01. The number of fused-ring (bicyclic) bond motifs is 1. The van der Waals surface area contributed by atoms with Gasteiger partial charge in [-0.1, -0.05) is 11.6 Å². The lowest BCUT2D eigenvalue weighted by Crippen LogP contribution is -1.96. The monoisotopic (exact) mass is 224 g/mol. The molecule has 0 aromatic heterocycles. The third kappa shape index (κ3) is 1.87. The number of halogens is 1. The maximum atomic E-state index is 9.68. The molecule has 1 aromatic rings. The molecule has 4 heteroatoms. The van der Waals surface area contributed by atoms with Gasteiger partial charge >= 0.3 is 0 Å². The molecule has 1 aliphatic rings. The number of hydrogen-bond acceptors (Lipinski definition) is 3. The Morgan fingerprint density at radius 2 is 2.33 bits per heavy atom. The minimum absolute atomic E-state index is 0.156. The van der Waals surface area contributed by atoms with Gasteiger partial charge in [0.15, 0.2) is 11.5 Å². The highest BCUT2D eigenvalue weighted by molar-refractivity contribution is 6.32. The minimum Gasteiger partial charge on any atom is -0.454 e. The van der Waals surface area contributed by atoms with Gasteiger partial charge in [-0.15, -0.1) is 12.3 Å². The molecule has 0 spiro atoms. The van der Waals surface area contributed by atoms with Crippen LogP contribution < -0.4 is 9.47 Å². The predicted molar refractivity (Wildman–Crippen MR) is 56.0 cm³/mol. The average molecular weight is 225 g/mol. The van der Waals surface area contributed by atoms with E-state index in [-0.39, 0.29) is 13.2 Å². The molecule has 3 nitrogen and oxygen atoms in total. The Labute approximate surface area is 92.6 Å². The van der Waals surface area contributed by atoms with Crippen LogP contribution in [0.1, 0.15) is 18.1 Å². The molecule has 1 unspecified atom stereocenters. The molecule has 1 aromatic carbocycles. The summed E-state index contributed by atoms with van der Waals surface area (Å²) in [5, 5.41) is 10.1. The first-order valence-corrected chi connectivity index (χ1v) is 4.80. The van der Waals surface area contributed by atoms with E-state index < -0.39 is 6.10 Å². The van der Waals surface area contributed by atoms with Gasteiger partial charge in [-0.25, -0.2) is 0 Å². The molecule has 1 atom stereocenters. The Morgan fingerprint density at radius 1 is 1.53 bits per heavy atom. The van der Waals surface area contributed by atoms with Crippen molar-refractivity contribution in [1.29, 1.82) is 0 Å². The standard InChI is InChI=1S/C11H9ClO3/c1-2-3-9(13)7-4-8(12)11-10(5-7)14-6-15-11/h1,4-5,9,13H,3,6H2. The summed E-state index contributed by atoms with van der Waals surface area (Å²) in [6.45, 7) is 0.156. The zero-order chi connectivity index (χ0) is 10.8. The van der Waals surface area contributed by atoms with Crippen LogP contribution in [0.4, 0.5) is 0 Å². The number of rotatable bonds is 2. The fourth-order valence-electron chi connectivity index (χ4n) is 1.41. The highest BCUT2D eigenvalue weighted by Crippen LogP contribution is 2.41. The third-order valence-electron chi connectivity index (χ3n) is 2.15. The molecule has 1 heterocycles. The Balaban J connectivity index is 2.36. The summed E-state index contributed by atoms with van der Waals surface area (Å²) < 4.78 is 10.3. The number of aliphatic hydroxyl groups excluding tert-OH is 1. The topological polar surface area (TPSA) is 38.7 Å². The number of terminal acetylenes is 1. The maximum Gasteiger partial charge on any atom is 0.231 e. The Bertz CT molecular complexity index is 423. The summed E-state index contributed by atoms with van der Waals surface area (Å²) in [6.07, 6.45) is 4.64. The van der Waals surface area contributed by atoms with Crippen molar-refractivity contribution in [1.82, 2.24) is 0 Å². The fourth-order valence-corrected chi connectivity index (χ4v) is 1.68. The zero-order valence-electron chi connectivity index (χ0n) is 7.87. The summed E-state index contributed by atoms with van der Waals surface area (Å²) in [6, 6.07) is 3.33. The molecule has 1 aliphatic heterocycles. The van der Waals surface area contributed by atoms with Crippen LogP contribution in [0.25, 0.3) is 0 Å². The van der Waals surface area contributed by atoms with E-state index in [1.54, 1.807) is 12.1 Å². The quantitative estimate of drug-likeness (QED) is 0.783.